The molecule has 30 heavy (non-hydrogen) atoms. The molecular weight excluding hydrogens is 396 g/mol. The van der Waals surface area contributed by atoms with Gasteiger partial charge in [0.25, 0.3) is 0 Å². The molecule has 0 saturated carbocycles. The molecule has 7 nitrogen and oxygen atoms in total. The Hall–Kier alpha value is -3.00. The molecule has 0 unspecified atom stereocenters. The number of benzene rings is 1. The van der Waals surface area contributed by atoms with Gasteiger partial charge in [-0.2, -0.15) is 0 Å². The van der Waals surface area contributed by atoms with Crippen molar-refractivity contribution in [2.75, 3.05) is 5.32 Å². The van der Waals surface area contributed by atoms with Gasteiger partial charge >= 0.3 is 6.03 Å². The zero-order chi connectivity index (χ0) is 21.7. The highest BCUT2D eigenvalue weighted by molar-refractivity contribution is 7.18. The normalized spacial score (nSPS) is 11.4. The van der Waals surface area contributed by atoms with E-state index < -0.39 is 0 Å². The molecule has 3 aromatic rings. The Balaban J connectivity index is 1.81. The monoisotopic (exact) mass is 424 g/mol. The average molecular weight is 425 g/mol. The Kier molecular flexibility index (Phi) is 6.66. The summed E-state index contributed by atoms with van der Waals surface area (Å²) in [4.78, 5) is 26.4. The quantitative estimate of drug-likeness (QED) is 0.534. The van der Waals surface area contributed by atoms with E-state index in [0.29, 0.717) is 12.6 Å². The fourth-order valence-corrected chi connectivity index (χ4v) is 3.76. The third-order valence-corrected chi connectivity index (χ3v) is 5.01. The number of thiazole rings is 1. The number of nitrogens with zero attached hydrogens (tertiary/aromatic N) is 3. The summed E-state index contributed by atoms with van der Waals surface area (Å²) in [5, 5.41) is 10.0. The molecule has 0 atom stereocenters. The summed E-state index contributed by atoms with van der Waals surface area (Å²) < 4.78 is 0. The first kappa shape index (κ1) is 21.7. The lowest BCUT2D eigenvalue weighted by molar-refractivity contribution is 0.231. The molecule has 0 bridgehead atoms. The number of hydrogen-bond donors (Lipinski definition) is 3. The van der Waals surface area contributed by atoms with Crippen LogP contribution in [0.5, 0.6) is 0 Å². The molecule has 0 aliphatic rings. The number of rotatable bonds is 6. The van der Waals surface area contributed by atoms with Crippen LogP contribution in [0, 0.1) is 0 Å². The summed E-state index contributed by atoms with van der Waals surface area (Å²) in [6.07, 6.45) is 3.39. The number of carbonyl (C=O) groups is 1. The van der Waals surface area contributed by atoms with Gasteiger partial charge in [0.05, 0.1) is 16.3 Å². The molecule has 0 fully saturated rings. The van der Waals surface area contributed by atoms with Crippen LogP contribution < -0.4 is 16.0 Å². The highest BCUT2D eigenvalue weighted by Crippen LogP contribution is 2.30. The summed E-state index contributed by atoms with van der Waals surface area (Å²) in [7, 11) is 0. The maximum absolute atomic E-state index is 12.1. The van der Waals surface area contributed by atoms with Gasteiger partial charge < -0.3 is 16.0 Å². The Morgan fingerprint density at radius 3 is 2.57 bits per heavy atom. The van der Waals surface area contributed by atoms with E-state index in [9.17, 15) is 4.79 Å². The van der Waals surface area contributed by atoms with Crippen LogP contribution in [0.4, 0.5) is 9.93 Å². The minimum absolute atomic E-state index is 0.199. The molecule has 8 heteroatoms. The van der Waals surface area contributed by atoms with E-state index >= 15 is 0 Å². The predicted molar refractivity (Wildman–Crippen MR) is 122 cm³/mol. The van der Waals surface area contributed by atoms with E-state index in [1.807, 2.05) is 57.3 Å². The van der Waals surface area contributed by atoms with Crippen molar-refractivity contribution in [1.82, 2.24) is 25.6 Å². The third kappa shape index (κ3) is 6.00. The van der Waals surface area contributed by atoms with Crippen molar-refractivity contribution < 1.29 is 4.79 Å². The smallest absolute Gasteiger partial charge is 0.315 e. The zero-order valence-corrected chi connectivity index (χ0v) is 18.8. The van der Waals surface area contributed by atoms with E-state index in [1.54, 1.807) is 17.7 Å². The van der Waals surface area contributed by atoms with Crippen LogP contribution in [0.2, 0.25) is 0 Å². The van der Waals surface area contributed by atoms with E-state index in [4.69, 9.17) is 0 Å². The van der Waals surface area contributed by atoms with Crippen LogP contribution in [-0.2, 0) is 6.54 Å². The van der Waals surface area contributed by atoms with Gasteiger partial charge in [-0.1, -0.05) is 35.6 Å². The summed E-state index contributed by atoms with van der Waals surface area (Å²) in [6, 6.07) is 10.00. The SMILES string of the molecule is CC(C)Nc1ncc(-c2cc(-c3ccccc3CNC(=O)NC(C)(C)C)ncn2)s1. The van der Waals surface area contributed by atoms with Gasteiger partial charge in [-0.25, -0.2) is 19.7 Å². The van der Waals surface area contributed by atoms with Crippen molar-refractivity contribution in [3.63, 3.8) is 0 Å². The second-order valence-electron chi connectivity index (χ2n) is 8.33. The number of anilines is 1. The second kappa shape index (κ2) is 9.21. The summed E-state index contributed by atoms with van der Waals surface area (Å²) in [6.45, 7) is 10.4. The molecular formula is C22H28N6OS. The second-order valence-corrected chi connectivity index (χ2v) is 9.36. The van der Waals surface area contributed by atoms with Gasteiger partial charge in [-0.3, -0.25) is 0 Å². The van der Waals surface area contributed by atoms with Crippen molar-refractivity contribution >= 4 is 22.5 Å². The van der Waals surface area contributed by atoms with E-state index in [0.717, 1.165) is 32.5 Å². The van der Waals surface area contributed by atoms with Crippen molar-refractivity contribution in [2.24, 2.45) is 0 Å². The summed E-state index contributed by atoms with van der Waals surface area (Å²) in [5.74, 6) is 0. The predicted octanol–water partition coefficient (Wildman–Crippen LogP) is 4.69. The zero-order valence-electron chi connectivity index (χ0n) is 18.0. The fourth-order valence-electron chi connectivity index (χ4n) is 2.83. The average Bonchev–Trinajstić information content (AvgIpc) is 3.13. The molecule has 2 heterocycles. The van der Waals surface area contributed by atoms with Gasteiger partial charge in [0, 0.05) is 29.9 Å². The summed E-state index contributed by atoms with van der Waals surface area (Å²) in [5.41, 5.74) is 3.28. The number of amides is 2. The van der Waals surface area contributed by atoms with Gasteiger partial charge in [-0.05, 0) is 46.2 Å². The lowest BCUT2D eigenvalue weighted by atomic mass is 10.0. The molecule has 0 spiro atoms. The number of hydrogen-bond acceptors (Lipinski definition) is 6. The van der Waals surface area contributed by atoms with E-state index in [-0.39, 0.29) is 11.6 Å². The third-order valence-electron chi connectivity index (χ3n) is 4.06. The molecule has 3 rings (SSSR count). The maximum atomic E-state index is 12.1. The topological polar surface area (TPSA) is 91.8 Å². The van der Waals surface area contributed by atoms with Gasteiger partial charge in [-0.15, -0.1) is 0 Å². The molecule has 0 aliphatic heterocycles. The minimum Gasteiger partial charge on any atom is -0.359 e. The van der Waals surface area contributed by atoms with Crippen molar-refractivity contribution in [3.05, 3.63) is 48.4 Å². The van der Waals surface area contributed by atoms with Crippen LogP contribution in [-0.4, -0.2) is 32.6 Å². The van der Waals surface area contributed by atoms with E-state index in [2.05, 4.69) is 44.7 Å². The summed E-state index contributed by atoms with van der Waals surface area (Å²) >= 11 is 1.56. The lowest BCUT2D eigenvalue weighted by Gasteiger charge is -2.21. The number of carbonyl (C=O) groups excluding carboxylic acids is 1. The molecule has 2 amide bonds. The maximum Gasteiger partial charge on any atom is 0.315 e. The highest BCUT2D eigenvalue weighted by atomic mass is 32.1. The van der Waals surface area contributed by atoms with Gasteiger partial charge in [0.15, 0.2) is 5.13 Å². The molecule has 0 aliphatic carbocycles. The molecule has 0 saturated heterocycles. The first-order chi connectivity index (χ1) is 14.2. The van der Waals surface area contributed by atoms with Crippen molar-refractivity contribution in [1.29, 1.82) is 0 Å². The Bertz CT molecular complexity index is 1010. The van der Waals surface area contributed by atoms with Gasteiger partial charge in [0.1, 0.15) is 6.33 Å². The molecule has 3 N–H and O–H groups in total. The molecule has 2 aromatic heterocycles. The Labute approximate surface area is 181 Å². The highest BCUT2D eigenvalue weighted by Gasteiger charge is 2.15. The number of nitrogens with one attached hydrogen (secondary N) is 3. The number of urea groups is 1. The van der Waals surface area contributed by atoms with Crippen LogP contribution in [0.3, 0.4) is 0 Å². The Morgan fingerprint density at radius 2 is 1.83 bits per heavy atom. The minimum atomic E-state index is -0.289. The van der Waals surface area contributed by atoms with Crippen LogP contribution in [0.25, 0.3) is 21.8 Å². The van der Waals surface area contributed by atoms with E-state index in [1.165, 1.54) is 0 Å². The molecule has 158 valence electrons. The standard InChI is InChI=1S/C22H28N6OS/c1-14(2)27-21-24-12-19(30-21)18-10-17(25-13-26-18)16-9-7-6-8-15(16)11-23-20(29)28-22(3,4)5/h6-10,12-14H,11H2,1-5H3,(H,24,27)(H2,23,28,29). The van der Waals surface area contributed by atoms with Gasteiger partial charge in [0.2, 0.25) is 0 Å². The van der Waals surface area contributed by atoms with Crippen LogP contribution >= 0.6 is 11.3 Å². The molecule has 0 radical (unpaired) electrons. The number of aromatic nitrogens is 3. The van der Waals surface area contributed by atoms with Crippen LogP contribution in [0.1, 0.15) is 40.2 Å². The van der Waals surface area contributed by atoms with Crippen LogP contribution in [0.15, 0.2) is 42.9 Å². The fraction of sp³-hybridized carbons (Fsp3) is 0.364. The first-order valence-corrected chi connectivity index (χ1v) is 10.7. The lowest BCUT2D eigenvalue weighted by Crippen LogP contribution is -2.46. The van der Waals surface area contributed by atoms with Crippen molar-refractivity contribution in [3.8, 4) is 21.8 Å². The van der Waals surface area contributed by atoms with Crippen molar-refractivity contribution in [2.45, 2.75) is 52.7 Å². The molecule has 1 aromatic carbocycles. The first-order valence-electron chi connectivity index (χ1n) is 9.90. The Morgan fingerprint density at radius 1 is 1.10 bits per heavy atom. The largest absolute Gasteiger partial charge is 0.359 e.